The molecule has 68 valence electrons. The van der Waals surface area contributed by atoms with Gasteiger partial charge in [-0.2, -0.15) is 0 Å². The van der Waals surface area contributed by atoms with Crippen LogP contribution in [0.25, 0.3) is 5.57 Å². The summed E-state index contributed by atoms with van der Waals surface area (Å²) in [5.74, 6) is 0.562. The first-order valence-corrected chi connectivity index (χ1v) is 4.07. The number of aliphatic imine (C=N–C) groups is 1. The van der Waals surface area contributed by atoms with Gasteiger partial charge in [-0.05, 0) is 12.5 Å². The molecule has 1 aliphatic heterocycles. The Morgan fingerprint density at radius 1 is 1.62 bits per heavy atom. The minimum absolute atomic E-state index is 0.562. The molecule has 0 spiro atoms. The van der Waals surface area contributed by atoms with Crippen molar-refractivity contribution in [1.82, 2.24) is 10.1 Å². The lowest BCUT2D eigenvalue weighted by Gasteiger charge is -2.10. The molecular formula is C9H11N3O. The summed E-state index contributed by atoms with van der Waals surface area (Å²) >= 11 is 0. The highest BCUT2D eigenvalue weighted by atomic mass is 16.5. The average Bonchev–Trinajstić information content (AvgIpc) is 2.36. The molecule has 0 fully saturated rings. The van der Waals surface area contributed by atoms with E-state index in [1.54, 1.807) is 6.34 Å². The van der Waals surface area contributed by atoms with Crippen LogP contribution in [0.1, 0.15) is 11.3 Å². The lowest BCUT2D eigenvalue weighted by atomic mass is 10.1. The smallest absolute Gasteiger partial charge is 0.259 e. The first-order chi connectivity index (χ1) is 6.18. The summed E-state index contributed by atoms with van der Waals surface area (Å²) < 4.78 is 5.05. The molecule has 2 heterocycles. The van der Waals surface area contributed by atoms with Gasteiger partial charge in [0.05, 0.1) is 17.6 Å². The summed E-state index contributed by atoms with van der Waals surface area (Å²) in [5.41, 5.74) is 2.79. The zero-order valence-corrected chi connectivity index (χ0v) is 7.74. The van der Waals surface area contributed by atoms with Crippen molar-refractivity contribution in [2.45, 2.75) is 6.92 Å². The van der Waals surface area contributed by atoms with Gasteiger partial charge in [-0.1, -0.05) is 11.7 Å². The van der Waals surface area contributed by atoms with Crippen molar-refractivity contribution in [3.63, 3.8) is 0 Å². The second-order valence-corrected chi connectivity index (χ2v) is 3.21. The highest BCUT2D eigenvalue weighted by Gasteiger charge is 2.18. The summed E-state index contributed by atoms with van der Waals surface area (Å²) in [6.07, 6.45) is 1.72. The van der Waals surface area contributed by atoms with Gasteiger partial charge in [-0.3, -0.25) is 0 Å². The largest absolute Gasteiger partial charge is 0.361 e. The molecule has 0 saturated carbocycles. The van der Waals surface area contributed by atoms with Gasteiger partial charge in [0.2, 0.25) is 0 Å². The summed E-state index contributed by atoms with van der Waals surface area (Å²) in [4.78, 5) is 6.11. The van der Waals surface area contributed by atoms with E-state index in [1.807, 2.05) is 18.9 Å². The molecule has 0 N–H and O–H groups in total. The molecule has 4 nitrogen and oxygen atoms in total. The van der Waals surface area contributed by atoms with E-state index >= 15 is 0 Å². The molecule has 0 aromatic carbocycles. The highest BCUT2D eigenvalue weighted by molar-refractivity contribution is 5.79. The molecule has 0 unspecified atom stereocenters. The van der Waals surface area contributed by atoms with Gasteiger partial charge in [-0.15, -0.1) is 0 Å². The predicted octanol–water partition coefficient (Wildman–Crippen LogP) is 1.60. The Morgan fingerprint density at radius 3 is 3.15 bits per heavy atom. The van der Waals surface area contributed by atoms with Gasteiger partial charge in [0, 0.05) is 13.6 Å². The highest BCUT2D eigenvalue weighted by Crippen LogP contribution is 2.30. The van der Waals surface area contributed by atoms with Crippen LogP contribution in [0.15, 0.2) is 16.1 Å². The fraction of sp³-hybridized carbons (Fsp3) is 0.333. The van der Waals surface area contributed by atoms with E-state index in [2.05, 4.69) is 16.7 Å². The topological polar surface area (TPSA) is 41.6 Å². The maximum absolute atomic E-state index is 5.05. The van der Waals surface area contributed by atoms with Crippen LogP contribution in [0, 0.1) is 6.92 Å². The van der Waals surface area contributed by atoms with E-state index in [0.717, 1.165) is 23.4 Å². The Hall–Kier alpha value is -1.58. The zero-order chi connectivity index (χ0) is 9.42. The van der Waals surface area contributed by atoms with Gasteiger partial charge in [0.15, 0.2) is 0 Å². The first kappa shape index (κ1) is 8.04. The number of rotatable bonds is 0. The molecular weight excluding hydrogens is 166 g/mol. The second-order valence-electron chi connectivity index (χ2n) is 3.21. The van der Waals surface area contributed by atoms with Crippen molar-refractivity contribution in [2.75, 3.05) is 13.6 Å². The quantitative estimate of drug-likeness (QED) is 0.604. The fourth-order valence-electron chi connectivity index (χ4n) is 1.42. The number of aryl methyl sites for hydroxylation is 1. The number of hydrogen-bond acceptors (Lipinski definition) is 4. The third-order valence-corrected chi connectivity index (χ3v) is 2.01. The Bertz CT molecular complexity index is 378. The van der Waals surface area contributed by atoms with E-state index in [0.29, 0.717) is 5.88 Å². The molecule has 1 aromatic heterocycles. The van der Waals surface area contributed by atoms with Crippen LogP contribution in [-0.4, -0.2) is 30.0 Å². The minimum Gasteiger partial charge on any atom is -0.361 e. The van der Waals surface area contributed by atoms with E-state index in [-0.39, 0.29) is 0 Å². The summed E-state index contributed by atoms with van der Waals surface area (Å²) in [6, 6.07) is 0. The van der Waals surface area contributed by atoms with Crippen LogP contribution in [0.3, 0.4) is 0 Å². The molecule has 0 radical (unpaired) electrons. The zero-order valence-electron chi connectivity index (χ0n) is 7.74. The SMILES string of the molecule is C=C1CN(C)C=Nc2onc(C)c21. The van der Waals surface area contributed by atoms with Crippen molar-refractivity contribution in [2.24, 2.45) is 4.99 Å². The average molecular weight is 177 g/mol. The Kier molecular flexibility index (Phi) is 1.69. The third kappa shape index (κ3) is 1.24. The van der Waals surface area contributed by atoms with Crippen molar-refractivity contribution in [3.05, 3.63) is 17.8 Å². The Morgan fingerprint density at radius 2 is 2.38 bits per heavy atom. The van der Waals surface area contributed by atoms with Crippen LogP contribution in [0.4, 0.5) is 5.88 Å². The van der Waals surface area contributed by atoms with Crippen LogP contribution < -0.4 is 0 Å². The third-order valence-electron chi connectivity index (χ3n) is 2.01. The Labute approximate surface area is 76.5 Å². The number of likely N-dealkylation sites (N-methyl/N-ethyl adjacent to an activating group) is 1. The van der Waals surface area contributed by atoms with Gasteiger partial charge < -0.3 is 9.42 Å². The summed E-state index contributed by atoms with van der Waals surface area (Å²) in [5, 5.41) is 3.85. The van der Waals surface area contributed by atoms with Crippen molar-refractivity contribution in [3.8, 4) is 0 Å². The van der Waals surface area contributed by atoms with Crippen LogP contribution >= 0.6 is 0 Å². The van der Waals surface area contributed by atoms with Crippen molar-refractivity contribution < 1.29 is 4.52 Å². The molecule has 0 aliphatic carbocycles. The van der Waals surface area contributed by atoms with Crippen LogP contribution in [0.5, 0.6) is 0 Å². The standard InChI is InChI=1S/C9H11N3O/c1-6-4-12(3)5-10-9-8(6)7(2)11-13-9/h5H,1,4H2,2-3H3. The molecule has 0 saturated heterocycles. The van der Waals surface area contributed by atoms with Gasteiger partial charge in [0.25, 0.3) is 5.88 Å². The van der Waals surface area contributed by atoms with Crippen LogP contribution in [-0.2, 0) is 0 Å². The normalized spacial score (nSPS) is 15.8. The van der Waals surface area contributed by atoms with Gasteiger partial charge in [0.1, 0.15) is 0 Å². The predicted molar refractivity (Wildman–Crippen MR) is 51.1 cm³/mol. The van der Waals surface area contributed by atoms with Gasteiger partial charge in [-0.25, -0.2) is 4.99 Å². The number of fused-ring (bicyclic) bond motifs is 1. The van der Waals surface area contributed by atoms with E-state index < -0.39 is 0 Å². The molecule has 4 heteroatoms. The van der Waals surface area contributed by atoms with E-state index in [4.69, 9.17) is 4.52 Å². The molecule has 1 aromatic rings. The van der Waals surface area contributed by atoms with Gasteiger partial charge >= 0.3 is 0 Å². The number of hydrogen-bond donors (Lipinski definition) is 0. The number of aromatic nitrogens is 1. The van der Waals surface area contributed by atoms with Crippen molar-refractivity contribution >= 4 is 17.8 Å². The maximum Gasteiger partial charge on any atom is 0.259 e. The molecule has 0 bridgehead atoms. The lowest BCUT2D eigenvalue weighted by Crippen LogP contribution is -2.16. The molecule has 0 atom stereocenters. The summed E-state index contributed by atoms with van der Waals surface area (Å²) in [6.45, 7) is 6.64. The molecule has 0 amide bonds. The maximum atomic E-state index is 5.05. The molecule has 13 heavy (non-hydrogen) atoms. The van der Waals surface area contributed by atoms with Crippen LogP contribution in [0.2, 0.25) is 0 Å². The van der Waals surface area contributed by atoms with Crippen molar-refractivity contribution in [1.29, 1.82) is 0 Å². The minimum atomic E-state index is 0.562. The summed E-state index contributed by atoms with van der Waals surface area (Å²) in [7, 11) is 1.95. The Balaban J connectivity index is 2.53. The molecule has 2 rings (SSSR count). The lowest BCUT2D eigenvalue weighted by molar-refractivity contribution is 0.424. The number of nitrogens with zero attached hydrogens (tertiary/aromatic N) is 3. The molecule has 1 aliphatic rings. The second kappa shape index (κ2) is 2.73. The fourth-order valence-corrected chi connectivity index (χ4v) is 1.42. The van der Waals surface area contributed by atoms with E-state index in [1.165, 1.54) is 0 Å². The van der Waals surface area contributed by atoms with E-state index in [9.17, 15) is 0 Å². The monoisotopic (exact) mass is 177 g/mol. The first-order valence-electron chi connectivity index (χ1n) is 4.07.